The predicted octanol–water partition coefficient (Wildman–Crippen LogP) is 5.33. The fourth-order valence-electron chi connectivity index (χ4n) is 3.97. The van der Waals surface area contributed by atoms with E-state index >= 15 is 0 Å². The highest BCUT2D eigenvalue weighted by atomic mass is 32.2. The molecule has 3 rings (SSSR count). The van der Waals surface area contributed by atoms with Gasteiger partial charge in [0.25, 0.3) is 0 Å². The molecule has 0 amide bonds. The quantitative estimate of drug-likeness (QED) is 0.323. The number of ketones is 1. The van der Waals surface area contributed by atoms with E-state index in [1.165, 1.54) is 11.8 Å². The number of hydrogen-bond donors (Lipinski definition) is 1. The number of carboxylic acid groups (broad SMARTS) is 1. The average Bonchev–Trinajstić information content (AvgIpc) is 2.74. The monoisotopic (exact) mass is 440 g/mol. The molecule has 1 aliphatic rings. The number of rotatable bonds is 9. The molecule has 2 aromatic rings. The van der Waals surface area contributed by atoms with Gasteiger partial charge in [0.1, 0.15) is 5.60 Å². The van der Waals surface area contributed by atoms with Crippen LogP contribution >= 0.6 is 11.8 Å². The number of unbranched alkanes of at least 4 members (excludes halogenated alkanes) is 1. The lowest BCUT2D eigenvalue weighted by atomic mass is 9.81. The Balaban J connectivity index is 1.82. The Kier molecular flexibility index (Phi) is 7.55. The number of benzene rings is 2. The van der Waals surface area contributed by atoms with Gasteiger partial charge in [-0.3, -0.25) is 14.4 Å². The highest BCUT2D eigenvalue weighted by Crippen LogP contribution is 2.43. The summed E-state index contributed by atoms with van der Waals surface area (Å²) in [4.78, 5) is 38.0. The Labute approximate surface area is 187 Å². The van der Waals surface area contributed by atoms with E-state index < -0.39 is 22.8 Å². The molecule has 1 N–H and O–H groups in total. The number of carbonyl (C=O) groups is 3. The lowest BCUT2D eigenvalue weighted by Crippen LogP contribution is -2.47. The molecule has 1 fully saturated rings. The lowest BCUT2D eigenvalue weighted by molar-refractivity contribution is -0.172. The molecule has 164 valence electrons. The molecule has 2 aromatic carbocycles. The molecule has 2 atom stereocenters. The van der Waals surface area contributed by atoms with Crippen molar-refractivity contribution >= 4 is 29.5 Å². The van der Waals surface area contributed by atoms with Crippen LogP contribution in [0, 0.1) is 0 Å². The molecule has 0 spiro atoms. The summed E-state index contributed by atoms with van der Waals surface area (Å²) in [7, 11) is 0. The second kappa shape index (κ2) is 10.1. The van der Waals surface area contributed by atoms with Gasteiger partial charge >= 0.3 is 11.9 Å². The van der Waals surface area contributed by atoms with E-state index in [0.717, 1.165) is 16.0 Å². The smallest absolute Gasteiger partial charge is 0.327 e. The van der Waals surface area contributed by atoms with Crippen LogP contribution in [0.25, 0.3) is 0 Å². The van der Waals surface area contributed by atoms with Crippen molar-refractivity contribution in [1.29, 1.82) is 0 Å². The number of carboxylic acids is 1. The topological polar surface area (TPSA) is 80.7 Å². The van der Waals surface area contributed by atoms with E-state index in [0.29, 0.717) is 19.3 Å². The van der Waals surface area contributed by atoms with E-state index in [-0.39, 0.29) is 24.5 Å². The molecule has 0 radical (unpaired) electrons. The summed E-state index contributed by atoms with van der Waals surface area (Å²) >= 11 is 1.26. The maximum absolute atomic E-state index is 13.2. The zero-order valence-electron chi connectivity index (χ0n) is 17.9. The van der Waals surface area contributed by atoms with E-state index in [4.69, 9.17) is 9.84 Å². The number of cyclic esters (lactones) is 1. The average molecular weight is 441 g/mol. The van der Waals surface area contributed by atoms with Gasteiger partial charge in [0.2, 0.25) is 0 Å². The second-order valence-electron chi connectivity index (χ2n) is 8.22. The van der Waals surface area contributed by atoms with Crippen molar-refractivity contribution in [3.63, 3.8) is 0 Å². The number of carbonyl (C=O) groups excluding carboxylic acids is 2. The summed E-state index contributed by atoms with van der Waals surface area (Å²) in [5.74, 6) is -1.26. The first kappa shape index (κ1) is 23.1. The molecule has 1 heterocycles. The van der Waals surface area contributed by atoms with Crippen LogP contribution in [0.5, 0.6) is 0 Å². The van der Waals surface area contributed by atoms with Crippen LogP contribution in [-0.2, 0) is 24.7 Å². The van der Waals surface area contributed by atoms with Crippen molar-refractivity contribution in [2.24, 2.45) is 0 Å². The maximum Gasteiger partial charge on any atom is 0.327 e. The van der Waals surface area contributed by atoms with Crippen molar-refractivity contribution in [3.8, 4) is 0 Å². The summed E-state index contributed by atoms with van der Waals surface area (Å²) in [5, 5.41) is 8.02. The molecule has 0 saturated carbocycles. The second-order valence-corrected chi connectivity index (χ2v) is 9.36. The largest absolute Gasteiger partial charge is 0.481 e. The van der Waals surface area contributed by atoms with E-state index in [2.05, 4.69) is 13.8 Å². The molecule has 0 aromatic heterocycles. The molecule has 1 aliphatic heterocycles. The third-order valence-corrected chi connectivity index (χ3v) is 6.89. The summed E-state index contributed by atoms with van der Waals surface area (Å²) in [6, 6.07) is 17.1. The first-order valence-electron chi connectivity index (χ1n) is 10.6. The van der Waals surface area contributed by atoms with E-state index in [1.54, 1.807) is 0 Å². The number of ether oxygens (including phenoxy) is 1. The normalized spacial score (nSPS) is 21.2. The van der Waals surface area contributed by atoms with E-state index in [9.17, 15) is 14.4 Å². The molecule has 6 heteroatoms. The van der Waals surface area contributed by atoms with Crippen LogP contribution in [0.2, 0.25) is 0 Å². The zero-order chi connectivity index (χ0) is 22.4. The number of esters is 1. The van der Waals surface area contributed by atoms with Crippen LogP contribution in [0.4, 0.5) is 0 Å². The third kappa shape index (κ3) is 5.56. The molecule has 5 nitrogen and oxygen atoms in total. The van der Waals surface area contributed by atoms with Gasteiger partial charge in [0, 0.05) is 11.3 Å². The van der Waals surface area contributed by atoms with E-state index in [1.807, 2.05) is 54.6 Å². The van der Waals surface area contributed by atoms with Gasteiger partial charge in [-0.05, 0) is 42.4 Å². The fourth-order valence-corrected chi connectivity index (χ4v) is 5.18. The summed E-state index contributed by atoms with van der Waals surface area (Å²) in [5.41, 5.74) is 0.836. The molecule has 1 saturated heterocycles. The SMILES string of the molecule is CC(C)c1ccccc1SC1C(=O)CC(CCCCC(=O)O)(c2ccccc2)OC1=O. The number of thioether (sulfide) groups is 1. The minimum absolute atomic E-state index is 0.0528. The lowest BCUT2D eigenvalue weighted by Gasteiger charge is -2.39. The minimum Gasteiger partial charge on any atom is -0.481 e. The van der Waals surface area contributed by atoms with Gasteiger partial charge in [-0.2, -0.15) is 0 Å². The van der Waals surface area contributed by atoms with Crippen LogP contribution < -0.4 is 0 Å². The Morgan fingerprint density at radius 2 is 1.77 bits per heavy atom. The molecule has 0 bridgehead atoms. The predicted molar refractivity (Wildman–Crippen MR) is 120 cm³/mol. The Morgan fingerprint density at radius 1 is 1.10 bits per heavy atom. The van der Waals surface area contributed by atoms with Crippen LogP contribution in [0.15, 0.2) is 59.5 Å². The van der Waals surface area contributed by atoms with Crippen molar-refractivity contribution in [2.75, 3.05) is 0 Å². The summed E-state index contributed by atoms with van der Waals surface area (Å²) in [6.07, 6.45) is 1.58. The molecular weight excluding hydrogens is 412 g/mol. The maximum atomic E-state index is 13.2. The first-order valence-corrected chi connectivity index (χ1v) is 11.5. The minimum atomic E-state index is -1.04. The van der Waals surface area contributed by atoms with Crippen molar-refractivity contribution < 1.29 is 24.2 Å². The van der Waals surface area contributed by atoms with Crippen LogP contribution in [-0.4, -0.2) is 28.1 Å². The Morgan fingerprint density at radius 3 is 2.42 bits per heavy atom. The number of Topliss-reactive ketones (excluding diaryl/α,β-unsaturated/α-hetero) is 1. The van der Waals surface area contributed by atoms with Crippen molar-refractivity contribution in [1.82, 2.24) is 0 Å². The molecular formula is C25H28O5S. The standard InChI is InChI=1S/C25H28O5S/c1-17(2)19-12-6-7-13-21(19)31-23-20(26)16-25(30-24(23)29,15-9-8-14-22(27)28)18-10-4-3-5-11-18/h3-7,10-13,17,23H,8-9,14-16H2,1-2H3,(H,27,28). The molecule has 0 aliphatic carbocycles. The highest BCUT2D eigenvalue weighted by molar-refractivity contribution is 8.01. The highest BCUT2D eigenvalue weighted by Gasteiger charge is 2.48. The van der Waals surface area contributed by atoms with Gasteiger partial charge in [0.15, 0.2) is 11.0 Å². The van der Waals surface area contributed by atoms with Crippen molar-refractivity contribution in [2.45, 2.75) is 67.6 Å². The van der Waals surface area contributed by atoms with Crippen molar-refractivity contribution in [3.05, 3.63) is 65.7 Å². The number of hydrogen-bond acceptors (Lipinski definition) is 5. The van der Waals surface area contributed by atoms with Gasteiger partial charge in [0.05, 0.1) is 6.42 Å². The van der Waals surface area contributed by atoms with Gasteiger partial charge < -0.3 is 9.84 Å². The van der Waals surface area contributed by atoms with Gasteiger partial charge in [-0.25, -0.2) is 0 Å². The van der Waals surface area contributed by atoms with Crippen LogP contribution in [0.1, 0.15) is 63.0 Å². The van der Waals surface area contributed by atoms with Gasteiger partial charge in [-0.15, -0.1) is 11.8 Å². The van der Waals surface area contributed by atoms with Crippen LogP contribution in [0.3, 0.4) is 0 Å². The zero-order valence-corrected chi connectivity index (χ0v) is 18.7. The Hall–Kier alpha value is -2.60. The summed E-state index contributed by atoms with van der Waals surface area (Å²) < 4.78 is 5.99. The summed E-state index contributed by atoms with van der Waals surface area (Å²) in [6.45, 7) is 4.16. The number of aliphatic carboxylic acids is 1. The fraction of sp³-hybridized carbons (Fsp3) is 0.400. The van der Waals surface area contributed by atoms with Gasteiger partial charge in [-0.1, -0.05) is 62.4 Å². The Bertz CT molecular complexity index is 920. The molecule has 2 unspecified atom stereocenters. The first-order chi connectivity index (χ1) is 14.8. The third-order valence-electron chi connectivity index (χ3n) is 5.57. The molecule has 31 heavy (non-hydrogen) atoms.